The van der Waals surface area contributed by atoms with Crippen LogP contribution in [0.5, 0.6) is 11.5 Å². The summed E-state index contributed by atoms with van der Waals surface area (Å²) < 4.78 is 32.8. The highest BCUT2D eigenvalue weighted by Gasteiger charge is 2.17. The highest BCUT2D eigenvalue weighted by molar-refractivity contribution is 7.93. The third-order valence-corrected chi connectivity index (χ3v) is 5.61. The summed E-state index contributed by atoms with van der Waals surface area (Å²) in [5.41, 5.74) is 0. The summed E-state index contributed by atoms with van der Waals surface area (Å²) in [5, 5.41) is 8.86. The number of thiazole rings is 1. The Morgan fingerprint density at radius 1 is 1.08 bits per heavy atom. The first-order chi connectivity index (χ1) is 12.4. The van der Waals surface area contributed by atoms with Crippen molar-refractivity contribution in [3.05, 3.63) is 65.7 Å². The number of aliphatic carboxylic acids is 1. The van der Waals surface area contributed by atoms with Gasteiger partial charge in [0.15, 0.2) is 5.13 Å². The van der Waals surface area contributed by atoms with Crippen LogP contribution in [-0.4, -0.2) is 24.5 Å². The minimum atomic E-state index is -3.82. The van der Waals surface area contributed by atoms with Crippen molar-refractivity contribution in [2.45, 2.75) is 11.3 Å². The van der Waals surface area contributed by atoms with Crippen molar-refractivity contribution in [1.29, 1.82) is 0 Å². The SMILES string of the molecule is O=C(O)Cc1cnc(NS(=O)(=O)c2ccc(Oc3ccccc3)cc2)s1. The summed E-state index contributed by atoms with van der Waals surface area (Å²) >= 11 is 0.981. The Balaban J connectivity index is 1.71. The van der Waals surface area contributed by atoms with Gasteiger partial charge in [0.25, 0.3) is 10.0 Å². The quantitative estimate of drug-likeness (QED) is 0.641. The lowest BCUT2D eigenvalue weighted by Gasteiger charge is -2.08. The van der Waals surface area contributed by atoms with Crippen molar-refractivity contribution < 1.29 is 23.1 Å². The number of nitrogens with one attached hydrogen (secondary N) is 1. The Kier molecular flexibility index (Phi) is 5.19. The number of aromatic nitrogens is 1. The van der Waals surface area contributed by atoms with Crippen LogP contribution in [0.15, 0.2) is 65.7 Å². The highest BCUT2D eigenvalue weighted by atomic mass is 32.2. The molecule has 0 aliphatic carbocycles. The van der Waals surface area contributed by atoms with Gasteiger partial charge in [-0.2, -0.15) is 0 Å². The summed E-state index contributed by atoms with van der Waals surface area (Å²) in [6, 6.07) is 15.1. The molecule has 9 heteroatoms. The van der Waals surface area contributed by atoms with E-state index in [9.17, 15) is 13.2 Å². The Hall–Kier alpha value is -2.91. The minimum absolute atomic E-state index is 0.0490. The monoisotopic (exact) mass is 390 g/mol. The molecule has 0 spiro atoms. The predicted molar refractivity (Wildman–Crippen MR) is 97.2 cm³/mol. The Morgan fingerprint density at radius 3 is 2.38 bits per heavy atom. The second kappa shape index (κ2) is 7.54. The molecule has 0 atom stereocenters. The Morgan fingerprint density at radius 2 is 1.73 bits per heavy atom. The standard InChI is InChI=1S/C17H14N2O5S2/c20-16(21)10-14-11-18-17(25-14)19-26(22,23)15-8-6-13(7-9-15)24-12-4-2-1-3-5-12/h1-9,11H,10H2,(H,18,19)(H,20,21). The van der Waals surface area contributed by atoms with Crippen molar-refractivity contribution in [2.24, 2.45) is 0 Å². The lowest BCUT2D eigenvalue weighted by atomic mass is 10.3. The maximum Gasteiger partial charge on any atom is 0.308 e. The maximum atomic E-state index is 12.4. The molecule has 26 heavy (non-hydrogen) atoms. The van der Waals surface area contributed by atoms with E-state index in [1.54, 1.807) is 24.3 Å². The number of nitrogens with zero attached hydrogens (tertiary/aromatic N) is 1. The van der Waals surface area contributed by atoms with Crippen LogP contribution < -0.4 is 9.46 Å². The van der Waals surface area contributed by atoms with E-state index in [0.29, 0.717) is 16.4 Å². The fraction of sp³-hybridized carbons (Fsp3) is 0.0588. The van der Waals surface area contributed by atoms with E-state index >= 15 is 0 Å². The number of para-hydroxylation sites is 1. The number of carboxylic acids is 1. The van der Waals surface area contributed by atoms with Gasteiger partial charge in [-0.05, 0) is 36.4 Å². The van der Waals surface area contributed by atoms with E-state index in [-0.39, 0.29) is 16.4 Å². The summed E-state index contributed by atoms with van der Waals surface area (Å²) in [6.45, 7) is 0. The molecule has 1 heterocycles. The summed E-state index contributed by atoms with van der Waals surface area (Å²) in [6.07, 6.45) is 1.14. The van der Waals surface area contributed by atoms with Gasteiger partial charge in [0.2, 0.25) is 0 Å². The molecule has 1 aromatic heterocycles. The topological polar surface area (TPSA) is 106 Å². The molecule has 0 saturated heterocycles. The van der Waals surface area contributed by atoms with Gasteiger partial charge in [-0.3, -0.25) is 9.52 Å². The predicted octanol–water partition coefficient (Wildman–Crippen LogP) is 3.36. The Labute approximate surface area is 154 Å². The van der Waals surface area contributed by atoms with Gasteiger partial charge >= 0.3 is 5.97 Å². The van der Waals surface area contributed by atoms with E-state index in [1.165, 1.54) is 18.3 Å². The first-order valence-electron chi connectivity index (χ1n) is 7.45. The van der Waals surface area contributed by atoms with Gasteiger partial charge in [-0.15, -0.1) is 11.3 Å². The third-order valence-electron chi connectivity index (χ3n) is 3.21. The van der Waals surface area contributed by atoms with Crippen LogP contribution in [0.2, 0.25) is 0 Å². The van der Waals surface area contributed by atoms with Gasteiger partial charge in [-0.25, -0.2) is 13.4 Å². The average Bonchev–Trinajstić information content (AvgIpc) is 3.01. The number of sulfonamides is 1. The van der Waals surface area contributed by atoms with Crippen LogP contribution in [0, 0.1) is 0 Å². The molecule has 3 rings (SSSR count). The smallest absolute Gasteiger partial charge is 0.308 e. The molecule has 3 aromatic rings. The molecule has 2 N–H and O–H groups in total. The van der Waals surface area contributed by atoms with Crippen molar-refractivity contribution in [1.82, 2.24) is 4.98 Å². The molecule has 7 nitrogen and oxygen atoms in total. The number of ether oxygens (including phenoxy) is 1. The molecule has 0 saturated carbocycles. The number of carbonyl (C=O) groups is 1. The lowest BCUT2D eigenvalue weighted by molar-refractivity contribution is -0.136. The molecule has 0 aliphatic heterocycles. The number of hydrogen-bond donors (Lipinski definition) is 2. The normalized spacial score (nSPS) is 11.1. The van der Waals surface area contributed by atoms with Crippen LogP contribution in [0.1, 0.15) is 4.88 Å². The van der Waals surface area contributed by atoms with E-state index in [1.807, 2.05) is 18.2 Å². The fourth-order valence-corrected chi connectivity index (χ4v) is 4.12. The molecule has 0 fully saturated rings. The largest absolute Gasteiger partial charge is 0.481 e. The zero-order valence-corrected chi connectivity index (χ0v) is 15.0. The maximum absolute atomic E-state index is 12.4. The lowest BCUT2D eigenvalue weighted by Crippen LogP contribution is -2.12. The number of anilines is 1. The van der Waals surface area contributed by atoms with Gasteiger partial charge in [-0.1, -0.05) is 18.2 Å². The van der Waals surface area contributed by atoms with Crippen molar-refractivity contribution in [3.63, 3.8) is 0 Å². The minimum Gasteiger partial charge on any atom is -0.481 e. The van der Waals surface area contributed by atoms with Crippen LogP contribution in [0.3, 0.4) is 0 Å². The van der Waals surface area contributed by atoms with Crippen LogP contribution in [0.25, 0.3) is 0 Å². The van der Waals surface area contributed by atoms with E-state index in [4.69, 9.17) is 9.84 Å². The molecule has 0 radical (unpaired) electrons. The molecule has 0 amide bonds. The van der Waals surface area contributed by atoms with E-state index < -0.39 is 16.0 Å². The number of benzene rings is 2. The fourth-order valence-electron chi connectivity index (χ4n) is 2.07. The number of hydrogen-bond acceptors (Lipinski definition) is 6. The molecule has 2 aromatic carbocycles. The van der Waals surface area contributed by atoms with E-state index in [0.717, 1.165) is 11.3 Å². The number of carboxylic acid groups (broad SMARTS) is 1. The molecular formula is C17H14N2O5S2. The molecule has 0 aliphatic rings. The second-order valence-corrected chi connectivity index (χ2v) is 7.99. The van der Waals surface area contributed by atoms with Gasteiger partial charge in [0.05, 0.1) is 11.3 Å². The molecule has 134 valence electrons. The molecule has 0 bridgehead atoms. The van der Waals surface area contributed by atoms with Crippen LogP contribution >= 0.6 is 11.3 Å². The molecule has 0 unspecified atom stereocenters. The van der Waals surface area contributed by atoms with Gasteiger partial charge in [0, 0.05) is 11.1 Å². The first-order valence-corrected chi connectivity index (χ1v) is 9.75. The second-order valence-electron chi connectivity index (χ2n) is 5.19. The Bertz CT molecular complexity index is 999. The zero-order chi connectivity index (χ0) is 18.6. The van der Waals surface area contributed by atoms with Gasteiger partial charge in [0.1, 0.15) is 11.5 Å². The van der Waals surface area contributed by atoms with Crippen LogP contribution in [0.4, 0.5) is 5.13 Å². The third kappa shape index (κ3) is 4.58. The van der Waals surface area contributed by atoms with E-state index in [2.05, 4.69) is 9.71 Å². The van der Waals surface area contributed by atoms with Crippen molar-refractivity contribution in [2.75, 3.05) is 4.72 Å². The van der Waals surface area contributed by atoms with Crippen LogP contribution in [-0.2, 0) is 21.2 Å². The number of rotatable bonds is 7. The molecular weight excluding hydrogens is 376 g/mol. The summed E-state index contributed by atoms with van der Waals surface area (Å²) in [7, 11) is -3.82. The highest BCUT2D eigenvalue weighted by Crippen LogP contribution is 2.25. The summed E-state index contributed by atoms with van der Waals surface area (Å²) in [5.74, 6) is 0.153. The van der Waals surface area contributed by atoms with Crippen molar-refractivity contribution >= 4 is 32.5 Å². The zero-order valence-electron chi connectivity index (χ0n) is 13.3. The summed E-state index contributed by atoms with van der Waals surface area (Å²) in [4.78, 5) is 15.1. The van der Waals surface area contributed by atoms with Gasteiger partial charge < -0.3 is 9.84 Å². The first kappa shape index (κ1) is 17.9. The average molecular weight is 390 g/mol. The van der Waals surface area contributed by atoms with Crippen molar-refractivity contribution in [3.8, 4) is 11.5 Å².